The van der Waals surface area contributed by atoms with Gasteiger partial charge in [-0.15, -0.1) is 0 Å². The van der Waals surface area contributed by atoms with Crippen molar-refractivity contribution in [3.8, 4) is 0 Å². The number of aliphatic hydroxyl groups is 2. The fourth-order valence-corrected chi connectivity index (χ4v) is 21.6. The molecular weight excluding hydrogens is 714 g/mol. The third-order valence-corrected chi connectivity index (χ3v) is 24.0. The first-order valence-corrected chi connectivity index (χ1v) is 21.0. The summed E-state index contributed by atoms with van der Waals surface area (Å²) in [6.07, 6.45) is 6.69. The zero-order valence-corrected chi connectivity index (χ0v) is 28.3. The molecule has 7 unspecified atom stereocenters. The van der Waals surface area contributed by atoms with Crippen LogP contribution < -0.4 is 40.5 Å². The average molecular weight is 763 g/mol. The molecule has 0 aromatic heterocycles. The van der Waals surface area contributed by atoms with Crippen LogP contribution in [0.25, 0.3) is 0 Å². The molecule has 4 N–H and O–H groups in total. The van der Waals surface area contributed by atoms with E-state index in [1.54, 1.807) is 13.8 Å². The minimum atomic E-state index is -3.69. The van der Waals surface area contributed by atoms with Crippen molar-refractivity contribution < 1.29 is 71.8 Å². The molecule has 5 aliphatic rings. The summed E-state index contributed by atoms with van der Waals surface area (Å²) in [5.41, 5.74) is -2.25. The molecule has 3 heterocycles. The number of carbonyl (C=O) groups excluding carboxylic acids is 1. The Morgan fingerprint density at radius 1 is 1.11 bits per heavy atom. The Hall–Kier alpha value is 0.630. The normalized spacial score (nSPS) is 48.1. The Bertz CT molecular complexity index is 1010. The number of alkyl halides is 3. The molecule has 0 amide bonds. The van der Waals surface area contributed by atoms with E-state index < -0.39 is 60.9 Å². The zero-order chi connectivity index (χ0) is 28.1. The zero-order valence-electron chi connectivity index (χ0n) is 24.0. The van der Waals surface area contributed by atoms with Gasteiger partial charge in [0.05, 0.1) is 0 Å². The average Bonchev–Trinajstić information content (AvgIpc) is 3.23. The molecule has 0 aromatic carbocycles. The van der Waals surface area contributed by atoms with Crippen LogP contribution in [0.4, 0.5) is 0 Å². The Balaban J connectivity index is 1.45. The molecule has 7 nitrogen and oxygen atoms in total. The maximum absolute atomic E-state index is 13.7. The van der Waals surface area contributed by atoms with Gasteiger partial charge in [-0.05, 0) is 0 Å². The molecule has 9 heteroatoms. The number of carbonyl (C=O) groups is 1. The molecule has 3 aliphatic heterocycles. The Kier molecular flexibility index (Phi) is 7.58. The first-order valence-electron chi connectivity index (χ1n) is 14.2. The fourth-order valence-electron chi connectivity index (χ4n) is 8.77. The minimum absolute atomic E-state index is 0.0324. The molecule has 2 aliphatic carbocycles. The van der Waals surface area contributed by atoms with E-state index in [-0.39, 0.29) is 45.1 Å². The monoisotopic (exact) mass is 762 g/mol. The number of fused-ring (bicyclic) bond motifs is 6. The van der Waals surface area contributed by atoms with E-state index in [0.29, 0.717) is 30.1 Å². The number of rotatable bonds is 6. The van der Waals surface area contributed by atoms with Crippen molar-refractivity contribution in [2.24, 2.45) is 23.2 Å². The van der Waals surface area contributed by atoms with Crippen molar-refractivity contribution in [2.75, 3.05) is 4.43 Å². The van der Waals surface area contributed by atoms with Gasteiger partial charge in [-0.25, -0.2) is 0 Å². The molecule has 10 atom stereocenters. The van der Waals surface area contributed by atoms with E-state index in [4.69, 9.17) is 9.47 Å². The number of halogens is 2. The first-order chi connectivity index (χ1) is 17.4. The summed E-state index contributed by atoms with van der Waals surface area (Å²) in [4.78, 5) is 13.7. The summed E-state index contributed by atoms with van der Waals surface area (Å²) in [6.45, 7) is 13.7. The summed E-state index contributed by atoms with van der Waals surface area (Å²) >= 11 is -4.95. The van der Waals surface area contributed by atoms with Crippen LogP contribution in [0.1, 0.15) is 93.4 Å². The summed E-state index contributed by atoms with van der Waals surface area (Å²) in [6, 6.07) is 0. The molecule has 0 radical (unpaired) electrons. The molecule has 38 heavy (non-hydrogen) atoms. The molecule has 1 saturated carbocycles. The molecule has 0 spiro atoms. The SMILES string of the molecule is CC(C)(O)CCC([I-]O)[C@](C)(O)C1CC[I-]2(O)C3=CC(=O)C4C[C@H]5OC(C)(C)O[C@H]5CC4(C)C3CCC12C. The first kappa shape index (κ1) is 30.1. The van der Waals surface area contributed by atoms with Gasteiger partial charge in [0.1, 0.15) is 0 Å². The van der Waals surface area contributed by atoms with E-state index in [2.05, 4.69) is 13.8 Å². The van der Waals surface area contributed by atoms with Crippen LogP contribution in [0, 0.1) is 23.2 Å². The van der Waals surface area contributed by atoms with Gasteiger partial charge in [-0.1, -0.05) is 0 Å². The maximum atomic E-state index is 13.7. The van der Waals surface area contributed by atoms with Gasteiger partial charge in [0.15, 0.2) is 0 Å². The molecular formula is C29H48I2O7-2. The molecule has 3 saturated heterocycles. The van der Waals surface area contributed by atoms with E-state index in [9.17, 15) is 21.9 Å². The van der Waals surface area contributed by atoms with E-state index in [1.807, 2.05) is 26.8 Å². The summed E-state index contributed by atoms with van der Waals surface area (Å²) in [5, 5.41) is 22.3. The topological polar surface area (TPSA) is 116 Å². The summed E-state index contributed by atoms with van der Waals surface area (Å²) < 4.78 is 36.6. The van der Waals surface area contributed by atoms with Crippen LogP contribution in [-0.2, 0) is 14.3 Å². The van der Waals surface area contributed by atoms with Crippen LogP contribution in [0.2, 0.25) is 0 Å². The number of ether oxygens (including phenoxy) is 2. The molecule has 4 fully saturated rings. The van der Waals surface area contributed by atoms with Crippen LogP contribution >= 0.6 is 0 Å². The van der Waals surface area contributed by atoms with Crippen molar-refractivity contribution in [3.63, 3.8) is 0 Å². The predicted octanol–water partition coefficient (Wildman–Crippen LogP) is -2.69. The molecule has 5 rings (SSSR count). The Morgan fingerprint density at radius 3 is 2.39 bits per heavy atom. The van der Waals surface area contributed by atoms with Gasteiger partial charge in [-0.3, -0.25) is 0 Å². The Morgan fingerprint density at radius 2 is 1.76 bits per heavy atom. The number of allylic oxidation sites excluding steroid dienone is 2. The number of ketones is 1. The van der Waals surface area contributed by atoms with Gasteiger partial charge in [0, 0.05) is 0 Å². The second-order valence-corrected chi connectivity index (χ2v) is 24.9. The van der Waals surface area contributed by atoms with Crippen LogP contribution in [0.15, 0.2) is 9.66 Å². The second kappa shape index (κ2) is 9.57. The van der Waals surface area contributed by atoms with Gasteiger partial charge in [-0.2, -0.15) is 0 Å². The van der Waals surface area contributed by atoms with Crippen LogP contribution in [0.3, 0.4) is 0 Å². The van der Waals surface area contributed by atoms with Crippen molar-refractivity contribution in [1.82, 2.24) is 0 Å². The molecule has 222 valence electrons. The molecule has 0 bridgehead atoms. The van der Waals surface area contributed by atoms with Crippen molar-refractivity contribution >= 4 is 5.78 Å². The van der Waals surface area contributed by atoms with E-state index in [1.165, 1.54) is 0 Å². The third kappa shape index (κ3) is 4.59. The van der Waals surface area contributed by atoms with Gasteiger partial charge >= 0.3 is 245 Å². The number of hydrogen-bond acceptors (Lipinski definition) is 7. The van der Waals surface area contributed by atoms with Crippen LogP contribution in [0.5, 0.6) is 0 Å². The van der Waals surface area contributed by atoms with E-state index >= 15 is 0 Å². The van der Waals surface area contributed by atoms with Crippen molar-refractivity contribution in [3.05, 3.63) is 9.66 Å². The fraction of sp³-hybridized carbons (Fsp3) is 0.897. The Labute approximate surface area is 243 Å². The summed E-state index contributed by atoms with van der Waals surface area (Å²) in [5.74, 6) is -0.602. The van der Waals surface area contributed by atoms with Gasteiger partial charge in [0.25, 0.3) is 0 Å². The standard InChI is InChI=1S/C29H48I2O7/c1-25(2,33)11-9-24(30-35)29(7,34)23-10-13-31(36)19-15-20(32)18-14-21-22(38-26(3,4)37-21)16-27(18,5)17(19)8-12-28(23,31)6/h15,17-18,21-24,33-36H,8-14,16H2,1-7H3/q-2/t17?,18?,21-,22+,23?,24?,27?,28?,29-/m1/s1. The molecule has 0 aromatic rings. The quantitative estimate of drug-likeness (QED) is 0.172. The van der Waals surface area contributed by atoms with Crippen LogP contribution in [-0.4, -0.2) is 63.8 Å². The third-order valence-electron chi connectivity index (χ3n) is 10.8. The van der Waals surface area contributed by atoms with E-state index in [0.717, 1.165) is 22.8 Å². The summed E-state index contributed by atoms with van der Waals surface area (Å²) in [7, 11) is 0. The van der Waals surface area contributed by atoms with Gasteiger partial charge in [0.2, 0.25) is 0 Å². The number of hydrogen-bond donors (Lipinski definition) is 4. The predicted molar refractivity (Wildman–Crippen MR) is 136 cm³/mol. The van der Waals surface area contributed by atoms with Crippen molar-refractivity contribution in [1.29, 1.82) is 0 Å². The van der Waals surface area contributed by atoms with Crippen molar-refractivity contribution in [2.45, 2.75) is 130 Å². The van der Waals surface area contributed by atoms with Gasteiger partial charge < -0.3 is 0 Å². The second-order valence-electron chi connectivity index (χ2n) is 14.3.